The highest BCUT2D eigenvalue weighted by Crippen LogP contribution is 2.24. The summed E-state index contributed by atoms with van der Waals surface area (Å²) in [4.78, 5) is 24.5. The summed E-state index contributed by atoms with van der Waals surface area (Å²) in [6, 6.07) is 11.1. The van der Waals surface area contributed by atoms with Gasteiger partial charge in [0.1, 0.15) is 18.0 Å². The molecule has 3 rings (SSSR count). The molecule has 2 heterocycles. The number of furan rings is 1. The van der Waals surface area contributed by atoms with Gasteiger partial charge >= 0.3 is 5.97 Å². The fraction of sp³-hybridized carbons (Fsp3) is 0.263. The van der Waals surface area contributed by atoms with Gasteiger partial charge in [-0.3, -0.25) is 4.79 Å². The van der Waals surface area contributed by atoms with Gasteiger partial charge in [0, 0.05) is 17.8 Å². The molecule has 1 N–H and O–H groups in total. The van der Waals surface area contributed by atoms with Crippen molar-refractivity contribution in [3.63, 3.8) is 0 Å². The van der Waals surface area contributed by atoms with Gasteiger partial charge in [0.25, 0.3) is 0 Å². The monoisotopic (exact) mass is 340 g/mol. The average molecular weight is 340 g/mol. The van der Waals surface area contributed by atoms with Gasteiger partial charge < -0.3 is 19.0 Å². The lowest BCUT2D eigenvalue weighted by Crippen LogP contribution is -2.21. The fourth-order valence-electron chi connectivity index (χ4n) is 2.82. The number of anilines is 1. The first-order valence-electron chi connectivity index (χ1n) is 8.08. The zero-order valence-corrected chi connectivity index (χ0v) is 14.5. The van der Waals surface area contributed by atoms with Gasteiger partial charge in [-0.25, -0.2) is 4.79 Å². The molecule has 0 aliphatic carbocycles. The Bertz CT molecular complexity index is 936. The number of hydrogen-bond acceptors (Lipinski definition) is 4. The number of amides is 1. The van der Waals surface area contributed by atoms with Crippen LogP contribution in [0, 0.1) is 6.92 Å². The molecule has 0 fully saturated rings. The van der Waals surface area contributed by atoms with Gasteiger partial charge in [-0.15, -0.1) is 0 Å². The summed E-state index contributed by atoms with van der Waals surface area (Å²) in [6.45, 7) is 3.86. The lowest BCUT2D eigenvalue weighted by molar-refractivity contribution is -0.116. The molecule has 0 aliphatic heterocycles. The molecular formula is C19H20N2O4. The van der Waals surface area contributed by atoms with Crippen LogP contribution >= 0.6 is 0 Å². The van der Waals surface area contributed by atoms with Gasteiger partial charge in [-0.05, 0) is 31.0 Å². The van der Waals surface area contributed by atoms with E-state index in [-0.39, 0.29) is 18.1 Å². The number of carbonyl (C=O) groups is 2. The summed E-state index contributed by atoms with van der Waals surface area (Å²) >= 11 is 0. The van der Waals surface area contributed by atoms with E-state index in [1.807, 2.05) is 31.2 Å². The first-order chi connectivity index (χ1) is 12.0. The smallest absolute Gasteiger partial charge is 0.354 e. The van der Waals surface area contributed by atoms with Crippen molar-refractivity contribution in [2.24, 2.45) is 0 Å². The van der Waals surface area contributed by atoms with Crippen LogP contribution in [0.15, 0.2) is 40.8 Å². The maximum atomic E-state index is 12.5. The largest absolute Gasteiger partial charge is 0.464 e. The highest BCUT2D eigenvalue weighted by molar-refractivity contribution is 5.97. The van der Waals surface area contributed by atoms with Crippen LogP contribution in [-0.2, 0) is 22.5 Å². The van der Waals surface area contributed by atoms with Crippen LogP contribution in [0.25, 0.3) is 11.1 Å². The van der Waals surface area contributed by atoms with E-state index in [1.54, 1.807) is 16.7 Å². The Labute approximate surface area is 145 Å². The molecule has 0 saturated heterocycles. The molecule has 3 aromatic rings. The van der Waals surface area contributed by atoms with Crippen LogP contribution in [0.5, 0.6) is 0 Å². The molecule has 0 unspecified atom stereocenters. The fourth-order valence-corrected chi connectivity index (χ4v) is 2.82. The van der Waals surface area contributed by atoms with Crippen molar-refractivity contribution in [2.45, 2.75) is 26.8 Å². The van der Waals surface area contributed by atoms with Crippen molar-refractivity contribution >= 4 is 28.7 Å². The van der Waals surface area contributed by atoms with E-state index in [1.165, 1.54) is 7.11 Å². The van der Waals surface area contributed by atoms with Gasteiger partial charge in [0.15, 0.2) is 5.58 Å². The van der Waals surface area contributed by atoms with E-state index < -0.39 is 5.97 Å². The topological polar surface area (TPSA) is 73.5 Å². The normalized spacial score (nSPS) is 10.8. The van der Waals surface area contributed by atoms with Crippen LogP contribution in [0.3, 0.4) is 0 Å². The van der Waals surface area contributed by atoms with Crippen LogP contribution in [0.1, 0.15) is 28.7 Å². The molecule has 6 nitrogen and oxygen atoms in total. The van der Waals surface area contributed by atoms with E-state index in [0.29, 0.717) is 16.9 Å². The van der Waals surface area contributed by atoms with Gasteiger partial charge in [-0.2, -0.15) is 0 Å². The minimum atomic E-state index is -0.509. The minimum Gasteiger partial charge on any atom is -0.464 e. The Morgan fingerprint density at radius 3 is 2.76 bits per heavy atom. The minimum absolute atomic E-state index is 0.0107. The van der Waals surface area contributed by atoms with Crippen LogP contribution < -0.4 is 5.32 Å². The third-order valence-corrected chi connectivity index (χ3v) is 4.03. The number of esters is 1. The predicted molar refractivity (Wildman–Crippen MR) is 94.7 cm³/mol. The standard InChI is InChI=1S/C19H20N2O4/c1-4-13-6-5-7-14(9-13)20-18(22)11-21-15-8-12(2)25-17(15)10-16(21)19(23)24-3/h5-10H,4,11H2,1-3H3,(H,20,22). The summed E-state index contributed by atoms with van der Waals surface area (Å²) < 4.78 is 12.0. The quantitative estimate of drug-likeness (QED) is 0.721. The second-order valence-corrected chi connectivity index (χ2v) is 5.82. The van der Waals surface area contributed by atoms with E-state index in [9.17, 15) is 9.59 Å². The first-order valence-corrected chi connectivity index (χ1v) is 8.08. The van der Waals surface area contributed by atoms with Crippen molar-refractivity contribution in [3.05, 3.63) is 53.4 Å². The highest BCUT2D eigenvalue weighted by atomic mass is 16.5. The molecule has 0 spiro atoms. The summed E-state index contributed by atoms with van der Waals surface area (Å²) in [5.41, 5.74) is 3.40. The highest BCUT2D eigenvalue weighted by Gasteiger charge is 2.20. The van der Waals surface area contributed by atoms with E-state index in [4.69, 9.17) is 9.15 Å². The number of rotatable bonds is 5. The van der Waals surface area contributed by atoms with Crippen molar-refractivity contribution in [1.82, 2.24) is 4.57 Å². The van der Waals surface area contributed by atoms with Gasteiger partial charge in [0.2, 0.25) is 5.91 Å². The van der Waals surface area contributed by atoms with E-state index in [0.717, 1.165) is 17.7 Å². The molecule has 0 radical (unpaired) electrons. The number of hydrogen-bond donors (Lipinski definition) is 1. The second kappa shape index (κ2) is 6.84. The Morgan fingerprint density at radius 1 is 1.24 bits per heavy atom. The molecule has 0 bridgehead atoms. The molecular weight excluding hydrogens is 320 g/mol. The molecule has 0 aliphatic rings. The zero-order chi connectivity index (χ0) is 18.0. The lowest BCUT2D eigenvalue weighted by atomic mass is 10.1. The van der Waals surface area contributed by atoms with Crippen LogP contribution in [0.2, 0.25) is 0 Å². The molecule has 0 atom stereocenters. The lowest BCUT2D eigenvalue weighted by Gasteiger charge is -2.10. The van der Waals surface area contributed by atoms with E-state index >= 15 is 0 Å². The molecule has 1 amide bonds. The van der Waals surface area contributed by atoms with Crippen LogP contribution in [0.4, 0.5) is 5.69 Å². The summed E-state index contributed by atoms with van der Waals surface area (Å²) in [5, 5.41) is 2.87. The third-order valence-electron chi connectivity index (χ3n) is 4.03. The Kier molecular flexibility index (Phi) is 4.61. The molecule has 0 saturated carbocycles. The summed E-state index contributed by atoms with van der Waals surface area (Å²) in [6.07, 6.45) is 0.892. The molecule has 2 aromatic heterocycles. The van der Waals surface area contributed by atoms with Gasteiger partial charge in [0.05, 0.1) is 12.6 Å². The maximum absolute atomic E-state index is 12.5. The Balaban J connectivity index is 1.87. The number of carbonyl (C=O) groups excluding carboxylic acids is 2. The second-order valence-electron chi connectivity index (χ2n) is 5.82. The summed E-state index contributed by atoms with van der Waals surface area (Å²) in [5.74, 6) is -0.0224. The molecule has 1 aromatic carbocycles. The molecule has 6 heteroatoms. The van der Waals surface area contributed by atoms with E-state index in [2.05, 4.69) is 12.2 Å². The van der Waals surface area contributed by atoms with Crippen molar-refractivity contribution in [3.8, 4) is 0 Å². The zero-order valence-electron chi connectivity index (χ0n) is 14.5. The Hall–Kier alpha value is -3.02. The molecule has 130 valence electrons. The predicted octanol–water partition coefficient (Wildman–Crippen LogP) is 3.53. The average Bonchev–Trinajstić information content (AvgIpc) is 3.11. The molecule has 25 heavy (non-hydrogen) atoms. The number of nitrogens with one attached hydrogen (secondary N) is 1. The maximum Gasteiger partial charge on any atom is 0.354 e. The number of nitrogens with zero attached hydrogens (tertiary/aromatic N) is 1. The third kappa shape index (κ3) is 3.42. The number of methoxy groups -OCH3 is 1. The van der Waals surface area contributed by atoms with Crippen molar-refractivity contribution in [1.29, 1.82) is 0 Å². The van der Waals surface area contributed by atoms with Crippen LogP contribution in [-0.4, -0.2) is 23.6 Å². The number of fused-ring (bicyclic) bond motifs is 1. The summed E-state index contributed by atoms with van der Waals surface area (Å²) in [7, 11) is 1.31. The first kappa shape index (κ1) is 16.8. The number of benzene rings is 1. The number of aromatic nitrogens is 1. The SMILES string of the molecule is CCc1cccc(NC(=O)Cn2c(C(=O)OC)cc3oc(C)cc32)c1. The number of ether oxygens (including phenoxy) is 1. The van der Waals surface area contributed by atoms with Crippen molar-refractivity contribution in [2.75, 3.05) is 12.4 Å². The Morgan fingerprint density at radius 2 is 2.04 bits per heavy atom. The van der Waals surface area contributed by atoms with Gasteiger partial charge in [-0.1, -0.05) is 19.1 Å². The van der Waals surface area contributed by atoms with Crippen molar-refractivity contribution < 1.29 is 18.7 Å². The number of aryl methyl sites for hydroxylation is 2.